The van der Waals surface area contributed by atoms with Crippen molar-refractivity contribution in [2.24, 2.45) is 0 Å². The van der Waals surface area contributed by atoms with Crippen LogP contribution in [0.1, 0.15) is 0 Å². The van der Waals surface area contributed by atoms with Gasteiger partial charge in [0.15, 0.2) is 0 Å². The highest BCUT2D eigenvalue weighted by molar-refractivity contribution is 9.10. The third kappa shape index (κ3) is 1.99. The minimum absolute atomic E-state index is 0.307. The van der Waals surface area contributed by atoms with Crippen LogP contribution < -0.4 is 5.73 Å². The van der Waals surface area contributed by atoms with Crippen molar-refractivity contribution in [1.82, 2.24) is 9.55 Å². The molecule has 0 aliphatic rings. The topological polar surface area (TPSA) is 43.8 Å². The summed E-state index contributed by atoms with van der Waals surface area (Å²) in [6.45, 7) is 0. The van der Waals surface area contributed by atoms with Crippen LogP contribution in [0.3, 0.4) is 0 Å². The number of nitrogens with two attached hydrogens (primary N) is 1. The minimum atomic E-state index is -0.329. The van der Waals surface area contributed by atoms with Crippen molar-refractivity contribution in [3.63, 3.8) is 0 Å². The average molecular weight is 341 g/mol. The third-order valence-electron chi connectivity index (χ3n) is 2.82. The third-order valence-corrected chi connectivity index (χ3v) is 3.74. The zero-order chi connectivity index (χ0) is 13.6. The summed E-state index contributed by atoms with van der Waals surface area (Å²) in [7, 11) is 0. The number of fused-ring (bicyclic) bond motifs is 1. The Morgan fingerprint density at radius 3 is 2.79 bits per heavy atom. The summed E-state index contributed by atoms with van der Waals surface area (Å²) in [5.41, 5.74) is 8.05. The SMILES string of the molecule is Nc1nc2c(Cl)cccc2n1-c1ccc(F)c(Br)c1. The Balaban J connectivity index is 2.33. The second-order valence-electron chi connectivity index (χ2n) is 4.01. The summed E-state index contributed by atoms with van der Waals surface area (Å²) in [6.07, 6.45) is 0. The Morgan fingerprint density at radius 2 is 2.05 bits per heavy atom. The first-order valence-electron chi connectivity index (χ1n) is 5.46. The standard InChI is InChI=1S/C13H8BrClFN3/c14-8-6-7(4-5-10(8)16)19-11-3-1-2-9(15)12(11)18-13(19)17/h1-6H,(H2,17,18). The van der Waals surface area contributed by atoms with Crippen LogP contribution in [0.25, 0.3) is 16.7 Å². The maximum Gasteiger partial charge on any atom is 0.205 e. The molecule has 0 atom stereocenters. The number of anilines is 1. The maximum atomic E-state index is 13.3. The number of aromatic nitrogens is 2. The van der Waals surface area contributed by atoms with Gasteiger partial charge in [-0.1, -0.05) is 17.7 Å². The molecule has 2 N–H and O–H groups in total. The molecule has 0 saturated heterocycles. The molecule has 0 bridgehead atoms. The Morgan fingerprint density at radius 1 is 1.26 bits per heavy atom. The molecule has 0 unspecified atom stereocenters. The van der Waals surface area contributed by atoms with Gasteiger partial charge in [-0.2, -0.15) is 0 Å². The summed E-state index contributed by atoms with van der Waals surface area (Å²) in [5.74, 6) is -0.0219. The van der Waals surface area contributed by atoms with Gasteiger partial charge in [0.25, 0.3) is 0 Å². The average Bonchev–Trinajstić information content (AvgIpc) is 2.71. The van der Waals surface area contributed by atoms with E-state index in [1.807, 2.05) is 12.1 Å². The molecule has 0 radical (unpaired) electrons. The Hall–Kier alpha value is -1.59. The highest BCUT2D eigenvalue weighted by Crippen LogP contribution is 2.29. The number of nitrogen functional groups attached to an aromatic ring is 1. The number of hydrogen-bond acceptors (Lipinski definition) is 2. The second-order valence-corrected chi connectivity index (χ2v) is 5.27. The van der Waals surface area contributed by atoms with Crippen molar-refractivity contribution in [1.29, 1.82) is 0 Å². The van der Waals surface area contributed by atoms with Crippen molar-refractivity contribution < 1.29 is 4.39 Å². The van der Waals surface area contributed by atoms with E-state index in [2.05, 4.69) is 20.9 Å². The molecular formula is C13H8BrClFN3. The van der Waals surface area contributed by atoms with E-state index in [1.165, 1.54) is 6.07 Å². The fraction of sp³-hybridized carbons (Fsp3) is 0. The Kier molecular flexibility index (Phi) is 2.95. The van der Waals surface area contributed by atoms with Gasteiger partial charge in [0.05, 0.1) is 20.7 Å². The largest absolute Gasteiger partial charge is 0.369 e. The van der Waals surface area contributed by atoms with Crippen LogP contribution in [0.15, 0.2) is 40.9 Å². The van der Waals surface area contributed by atoms with Crippen LogP contribution in [0, 0.1) is 5.82 Å². The molecule has 96 valence electrons. The number of halogens is 3. The zero-order valence-electron chi connectivity index (χ0n) is 9.57. The lowest BCUT2D eigenvalue weighted by Crippen LogP contribution is -2.00. The van der Waals surface area contributed by atoms with E-state index in [-0.39, 0.29) is 5.82 Å². The van der Waals surface area contributed by atoms with Crippen molar-refractivity contribution in [2.75, 3.05) is 5.73 Å². The zero-order valence-corrected chi connectivity index (χ0v) is 11.9. The minimum Gasteiger partial charge on any atom is -0.369 e. The van der Waals surface area contributed by atoms with Gasteiger partial charge in [-0.25, -0.2) is 9.37 Å². The summed E-state index contributed by atoms with van der Waals surface area (Å²) >= 11 is 9.24. The molecule has 19 heavy (non-hydrogen) atoms. The predicted molar refractivity (Wildman–Crippen MR) is 78.2 cm³/mol. The van der Waals surface area contributed by atoms with Crippen molar-refractivity contribution >= 4 is 44.5 Å². The lowest BCUT2D eigenvalue weighted by molar-refractivity contribution is 0.620. The number of nitrogens with zero attached hydrogens (tertiary/aromatic N) is 2. The molecule has 1 aromatic heterocycles. The highest BCUT2D eigenvalue weighted by Gasteiger charge is 2.13. The lowest BCUT2D eigenvalue weighted by Gasteiger charge is -2.07. The van der Waals surface area contributed by atoms with Gasteiger partial charge in [0.2, 0.25) is 5.95 Å². The first-order valence-corrected chi connectivity index (χ1v) is 6.63. The molecule has 0 amide bonds. The van der Waals surface area contributed by atoms with E-state index in [1.54, 1.807) is 22.8 Å². The van der Waals surface area contributed by atoms with E-state index in [0.717, 1.165) is 11.2 Å². The van der Waals surface area contributed by atoms with Crippen LogP contribution in [0.5, 0.6) is 0 Å². The van der Waals surface area contributed by atoms with Gasteiger partial charge in [0, 0.05) is 0 Å². The number of imidazole rings is 1. The summed E-state index contributed by atoms with van der Waals surface area (Å²) in [5, 5.41) is 0.532. The lowest BCUT2D eigenvalue weighted by atomic mass is 10.2. The number of rotatable bonds is 1. The maximum absolute atomic E-state index is 13.3. The van der Waals surface area contributed by atoms with E-state index in [4.69, 9.17) is 17.3 Å². The molecule has 0 spiro atoms. The summed E-state index contributed by atoms with van der Waals surface area (Å²) < 4.78 is 15.4. The van der Waals surface area contributed by atoms with Crippen LogP contribution >= 0.6 is 27.5 Å². The molecule has 2 aromatic carbocycles. The van der Waals surface area contributed by atoms with Gasteiger partial charge >= 0.3 is 0 Å². The van der Waals surface area contributed by atoms with Gasteiger partial charge < -0.3 is 5.73 Å². The number of para-hydroxylation sites is 1. The molecule has 3 rings (SSSR count). The molecule has 0 saturated carbocycles. The Labute approximate surface area is 121 Å². The van der Waals surface area contributed by atoms with Crippen molar-refractivity contribution in [3.8, 4) is 5.69 Å². The Bertz CT molecular complexity index is 785. The second kappa shape index (κ2) is 4.51. The smallest absolute Gasteiger partial charge is 0.205 e. The first kappa shape index (κ1) is 12.4. The summed E-state index contributed by atoms with van der Waals surface area (Å²) in [6, 6.07) is 10.1. The van der Waals surface area contributed by atoms with Gasteiger partial charge in [0.1, 0.15) is 11.3 Å². The number of hydrogen-bond donors (Lipinski definition) is 1. The monoisotopic (exact) mass is 339 g/mol. The van der Waals surface area contributed by atoms with Gasteiger partial charge in [-0.05, 0) is 46.3 Å². The van der Waals surface area contributed by atoms with E-state index in [0.29, 0.717) is 21.0 Å². The molecular weight excluding hydrogens is 333 g/mol. The van der Waals surface area contributed by atoms with Crippen LogP contribution in [0.2, 0.25) is 5.02 Å². The predicted octanol–water partition coefficient (Wildman–Crippen LogP) is 4.16. The highest BCUT2D eigenvalue weighted by atomic mass is 79.9. The molecule has 3 aromatic rings. The molecule has 1 heterocycles. The quantitative estimate of drug-likeness (QED) is 0.723. The fourth-order valence-corrected chi connectivity index (χ4v) is 2.56. The molecule has 0 fully saturated rings. The van der Waals surface area contributed by atoms with Crippen molar-refractivity contribution in [2.45, 2.75) is 0 Å². The molecule has 6 heteroatoms. The van der Waals surface area contributed by atoms with Crippen LogP contribution in [0.4, 0.5) is 10.3 Å². The van der Waals surface area contributed by atoms with Crippen molar-refractivity contribution in [3.05, 3.63) is 51.7 Å². The number of benzene rings is 2. The molecule has 3 nitrogen and oxygen atoms in total. The molecule has 0 aliphatic heterocycles. The van der Waals surface area contributed by atoms with Gasteiger partial charge in [-0.3, -0.25) is 4.57 Å². The summed E-state index contributed by atoms with van der Waals surface area (Å²) in [4.78, 5) is 4.24. The normalized spacial score (nSPS) is 11.1. The van der Waals surface area contributed by atoms with Crippen LogP contribution in [-0.4, -0.2) is 9.55 Å². The van der Waals surface area contributed by atoms with Crippen LogP contribution in [-0.2, 0) is 0 Å². The molecule has 0 aliphatic carbocycles. The van der Waals surface area contributed by atoms with Gasteiger partial charge in [-0.15, -0.1) is 0 Å². The fourth-order valence-electron chi connectivity index (χ4n) is 1.98. The van der Waals surface area contributed by atoms with E-state index in [9.17, 15) is 4.39 Å². The first-order chi connectivity index (χ1) is 9.08. The van der Waals surface area contributed by atoms with E-state index < -0.39 is 0 Å². The van der Waals surface area contributed by atoms with E-state index >= 15 is 0 Å².